The number of sulfone groups is 1. The summed E-state index contributed by atoms with van der Waals surface area (Å²) in [7, 11) is -3.28. The molecule has 0 fully saturated rings. The second-order valence-corrected chi connectivity index (χ2v) is 11.7. The van der Waals surface area contributed by atoms with Crippen LogP contribution in [0.1, 0.15) is 37.3 Å². The van der Waals surface area contributed by atoms with Gasteiger partial charge >= 0.3 is 12.1 Å². The maximum atomic E-state index is 12.6. The zero-order valence-corrected chi connectivity index (χ0v) is 20.7. The third-order valence-electron chi connectivity index (χ3n) is 5.73. The van der Waals surface area contributed by atoms with Crippen LogP contribution in [0.5, 0.6) is 0 Å². The molecule has 2 aromatic carbocycles. The first-order chi connectivity index (χ1) is 16.4. The van der Waals surface area contributed by atoms with Gasteiger partial charge in [-0.15, -0.1) is 0 Å². The number of amides is 2. The quantitative estimate of drug-likeness (QED) is 0.454. The van der Waals surface area contributed by atoms with E-state index in [9.17, 15) is 27.9 Å². The van der Waals surface area contributed by atoms with Gasteiger partial charge < -0.3 is 20.5 Å². The van der Waals surface area contributed by atoms with E-state index in [4.69, 9.17) is 4.74 Å². The van der Waals surface area contributed by atoms with E-state index in [1.807, 2.05) is 48.5 Å². The van der Waals surface area contributed by atoms with Crippen molar-refractivity contribution in [2.45, 2.75) is 32.2 Å². The molecule has 1 unspecified atom stereocenters. The minimum Gasteiger partial charge on any atom is -0.481 e. The van der Waals surface area contributed by atoms with Crippen LogP contribution < -0.4 is 10.6 Å². The van der Waals surface area contributed by atoms with Crippen LogP contribution in [0.25, 0.3) is 11.1 Å². The number of carbonyl (C=O) groups is 3. The van der Waals surface area contributed by atoms with Gasteiger partial charge in [-0.1, -0.05) is 62.4 Å². The number of ether oxygens (including phenoxy) is 1. The van der Waals surface area contributed by atoms with Gasteiger partial charge in [-0.25, -0.2) is 13.2 Å². The summed E-state index contributed by atoms with van der Waals surface area (Å²) in [5.74, 6) is -2.36. The predicted molar refractivity (Wildman–Crippen MR) is 131 cm³/mol. The summed E-state index contributed by atoms with van der Waals surface area (Å²) in [6, 6.07) is 14.3. The number of benzene rings is 2. The van der Waals surface area contributed by atoms with Gasteiger partial charge in [0.05, 0.1) is 12.2 Å². The number of aliphatic carboxylic acids is 1. The third-order valence-corrected chi connectivity index (χ3v) is 7.03. The first-order valence-electron chi connectivity index (χ1n) is 11.1. The smallest absolute Gasteiger partial charge is 0.407 e. The van der Waals surface area contributed by atoms with Crippen molar-refractivity contribution in [3.63, 3.8) is 0 Å². The largest absolute Gasteiger partial charge is 0.481 e. The highest BCUT2D eigenvalue weighted by molar-refractivity contribution is 7.90. The highest BCUT2D eigenvalue weighted by Crippen LogP contribution is 2.44. The summed E-state index contributed by atoms with van der Waals surface area (Å²) in [5, 5.41) is 14.1. The van der Waals surface area contributed by atoms with E-state index >= 15 is 0 Å². The molecule has 1 aliphatic carbocycles. The Balaban J connectivity index is 1.63. The van der Waals surface area contributed by atoms with E-state index in [2.05, 4.69) is 10.6 Å². The van der Waals surface area contributed by atoms with Crippen molar-refractivity contribution < 1.29 is 32.6 Å². The van der Waals surface area contributed by atoms with Crippen LogP contribution in [0, 0.1) is 5.41 Å². The van der Waals surface area contributed by atoms with Crippen LogP contribution in [-0.4, -0.2) is 62.7 Å². The average Bonchev–Trinajstić information content (AvgIpc) is 3.07. The van der Waals surface area contributed by atoms with Crippen LogP contribution in [0.3, 0.4) is 0 Å². The Morgan fingerprint density at radius 3 is 2.09 bits per heavy atom. The second-order valence-electron chi connectivity index (χ2n) is 9.57. The summed E-state index contributed by atoms with van der Waals surface area (Å²) < 4.78 is 28.6. The Hall–Kier alpha value is -3.40. The fraction of sp³-hybridized carbons (Fsp3) is 0.400. The van der Waals surface area contributed by atoms with E-state index in [1.54, 1.807) is 13.8 Å². The third kappa shape index (κ3) is 7.05. The van der Waals surface area contributed by atoms with Crippen LogP contribution >= 0.6 is 0 Å². The SMILES string of the molecule is CC(C)(CNC(=O)C(CC(=O)O)NC(=O)OCC1c2ccccc2-c2ccccc21)CS(C)(=O)=O. The van der Waals surface area contributed by atoms with Crippen molar-refractivity contribution in [2.75, 3.05) is 25.2 Å². The molecule has 0 saturated carbocycles. The Morgan fingerprint density at radius 2 is 1.57 bits per heavy atom. The Labute approximate surface area is 204 Å². The highest BCUT2D eigenvalue weighted by atomic mass is 32.2. The molecule has 3 N–H and O–H groups in total. The standard InChI is InChI=1S/C25H30N2O7S/c1-25(2,15-35(3,32)33)14-26-23(30)21(12-22(28)29)27-24(31)34-13-20-18-10-6-4-8-16(18)17-9-5-7-11-19(17)20/h4-11,20-21H,12-15H2,1-3H3,(H,26,30)(H,27,31)(H,28,29). The summed E-state index contributed by atoms with van der Waals surface area (Å²) in [6.07, 6.45) is -0.464. The summed E-state index contributed by atoms with van der Waals surface area (Å²) >= 11 is 0. The topological polar surface area (TPSA) is 139 Å². The molecular formula is C25H30N2O7S. The average molecular weight is 503 g/mol. The monoisotopic (exact) mass is 502 g/mol. The van der Waals surface area contributed by atoms with E-state index in [-0.39, 0.29) is 24.8 Å². The van der Waals surface area contributed by atoms with Crippen LogP contribution in [0.2, 0.25) is 0 Å². The lowest BCUT2D eigenvalue weighted by Gasteiger charge is -2.25. The van der Waals surface area contributed by atoms with E-state index in [0.29, 0.717) is 0 Å². The van der Waals surface area contributed by atoms with Crippen molar-refractivity contribution in [3.05, 3.63) is 59.7 Å². The molecule has 0 aromatic heterocycles. The van der Waals surface area contributed by atoms with Crippen molar-refractivity contribution in [1.82, 2.24) is 10.6 Å². The number of carboxylic acids is 1. The van der Waals surface area contributed by atoms with Gasteiger partial charge in [0.2, 0.25) is 5.91 Å². The molecule has 9 nitrogen and oxygen atoms in total. The van der Waals surface area contributed by atoms with E-state index in [1.165, 1.54) is 0 Å². The summed E-state index contributed by atoms with van der Waals surface area (Å²) in [5.41, 5.74) is 3.40. The molecule has 35 heavy (non-hydrogen) atoms. The van der Waals surface area contributed by atoms with Crippen LogP contribution in [0.4, 0.5) is 4.79 Å². The van der Waals surface area contributed by atoms with Crippen molar-refractivity contribution in [1.29, 1.82) is 0 Å². The number of carboxylic acid groups (broad SMARTS) is 1. The van der Waals surface area contributed by atoms with E-state index in [0.717, 1.165) is 28.5 Å². The lowest BCUT2D eigenvalue weighted by Crippen LogP contribution is -2.50. The molecule has 0 aliphatic heterocycles. The van der Waals surface area contributed by atoms with Gasteiger partial charge in [-0.2, -0.15) is 0 Å². The lowest BCUT2D eigenvalue weighted by atomic mass is 9.96. The molecule has 10 heteroatoms. The number of carbonyl (C=O) groups excluding carboxylic acids is 2. The second kappa shape index (κ2) is 10.5. The highest BCUT2D eigenvalue weighted by Gasteiger charge is 2.31. The molecule has 0 spiro atoms. The fourth-order valence-electron chi connectivity index (χ4n) is 4.38. The number of hydrogen-bond acceptors (Lipinski definition) is 6. The summed E-state index contributed by atoms with van der Waals surface area (Å²) in [4.78, 5) is 36.4. The molecule has 0 bridgehead atoms. The first kappa shape index (κ1) is 26.2. The van der Waals surface area contributed by atoms with E-state index < -0.39 is 45.7 Å². The zero-order valence-electron chi connectivity index (χ0n) is 19.9. The number of alkyl carbamates (subject to hydrolysis) is 1. The molecule has 2 amide bonds. The normalized spacial score (nSPS) is 13.9. The number of nitrogens with one attached hydrogen (secondary N) is 2. The van der Waals surface area contributed by atoms with Crippen molar-refractivity contribution >= 4 is 27.8 Å². The van der Waals surface area contributed by atoms with Crippen molar-refractivity contribution in [2.24, 2.45) is 5.41 Å². The molecule has 2 aromatic rings. The molecule has 0 heterocycles. The zero-order chi connectivity index (χ0) is 25.8. The summed E-state index contributed by atoms with van der Waals surface area (Å²) in [6.45, 7) is 3.34. The van der Waals surface area contributed by atoms with Gasteiger partial charge in [-0.3, -0.25) is 9.59 Å². The Kier molecular flexibility index (Phi) is 7.84. The minimum absolute atomic E-state index is 0.0125. The first-order valence-corrected chi connectivity index (χ1v) is 13.2. The van der Waals surface area contributed by atoms with Gasteiger partial charge in [0.15, 0.2) is 0 Å². The number of rotatable bonds is 10. The van der Waals surface area contributed by atoms with Crippen LogP contribution in [-0.2, 0) is 24.2 Å². The Bertz CT molecular complexity index is 1180. The molecule has 0 radical (unpaired) electrons. The number of hydrogen-bond donors (Lipinski definition) is 3. The molecule has 1 aliphatic rings. The van der Waals surface area contributed by atoms with Gasteiger partial charge in [0.25, 0.3) is 0 Å². The molecule has 3 rings (SSSR count). The maximum Gasteiger partial charge on any atom is 0.407 e. The maximum absolute atomic E-state index is 12.6. The van der Waals surface area contributed by atoms with Gasteiger partial charge in [-0.05, 0) is 27.7 Å². The molecule has 1 atom stereocenters. The van der Waals surface area contributed by atoms with Crippen LogP contribution in [0.15, 0.2) is 48.5 Å². The number of fused-ring (bicyclic) bond motifs is 3. The Morgan fingerprint density at radius 1 is 1.03 bits per heavy atom. The fourth-order valence-corrected chi connectivity index (χ4v) is 5.90. The minimum atomic E-state index is -3.28. The molecular weight excluding hydrogens is 472 g/mol. The van der Waals surface area contributed by atoms with Gasteiger partial charge in [0.1, 0.15) is 22.5 Å². The van der Waals surface area contributed by atoms with Gasteiger partial charge in [0, 0.05) is 18.7 Å². The molecule has 0 saturated heterocycles. The predicted octanol–water partition coefficient (Wildman–Crippen LogP) is 2.56. The molecule has 188 valence electrons. The lowest BCUT2D eigenvalue weighted by molar-refractivity contribution is -0.139. The van der Waals surface area contributed by atoms with Crippen molar-refractivity contribution in [3.8, 4) is 11.1 Å².